The van der Waals surface area contributed by atoms with Gasteiger partial charge < -0.3 is 5.73 Å². The minimum atomic E-state index is -2.94. The highest BCUT2D eigenvalue weighted by atomic mass is 79.9. The van der Waals surface area contributed by atoms with Gasteiger partial charge in [0.05, 0.1) is 27.4 Å². The van der Waals surface area contributed by atoms with Crippen molar-refractivity contribution in [3.8, 4) is 0 Å². The molecule has 0 radical (unpaired) electrons. The summed E-state index contributed by atoms with van der Waals surface area (Å²) in [4.78, 5) is 0. The number of hydrogen-bond acceptors (Lipinski definition) is 4. The Morgan fingerprint density at radius 3 is 2.63 bits per heavy atom. The Bertz CT molecular complexity index is 582. The fourth-order valence-corrected chi connectivity index (χ4v) is 5.66. The van der Waals surface area contributed by atoms with Crippen LogP contribution in [0.25, 0.3) is 0 Å². The summed E-state index contributed by atoms with van der Waals surface area (Å²) in [6, 6.07) is 0. The topological polar surface area (TPSA) is 78.0 Å². The van der Waals surface area contributed by atoms with Gasteiger partial charge in [0.1, 0.15) is 0 Å². The molecule has 2 heterocycles. The SMILES string of the molecule is CCc1nn(C)c(CC2(CN)CCS(=O)(=O)C2)c1Br. The number of rotatable bonds is 4. The summed E-state index contributed by atoms with van der Waals surface area (Å²) in [6.45, 7) is 2.45. The Kier molecular flexibility index (Phi) is 4.09. The van der Waals surface area contributed by atoms with Gasteiger partial charge in [-0.05, 0) is 41.7 Å². The number of nitrogens with zero attached hydrogens (tertiary/aromatic N) is 2. The first-order valence-electron chi connectivity index (χ1n) is 6.43. The van der Waals surface area contributed by atoms with Gasteiger partial charge in [0, 0.05) is 12.5 Å². The van der Waals surface area contributed by atoms with Crippen molar-refractivity contribution in [1.82, 2.24) is 9.78 Å². The maximum atomic E-state index is 11.7. The van der Waals surface area contributed by atoms with E-state index in [1.807, 2.05) is 11.7 Å². The lowest BCUT2D eigenvalue weighted by molar-refractivity contribution is 0.335. The predicted octanol–water partition coefficient (Wildman–Crippen LogP) is 1.05. The van der Waals surface area contributed by atoms with Gasteiger partial charge in [0.15, 0.2) is 9.84 Å². The summed E-state index contributed by atoms with van der Waals surface area (Å²) in [5, 5.41) is 4.45. The van der Waals surface area contributed by atoms with Crippen LogP contribution >= 0.6 is 15.9 Å². The molecule has 5 nitrogen and oxygen atoms in total. The van der Waals surface area contributed by atoms with Crippen molar-refractivity contribution in [2.24, 2.45) is 18.2 Å². The zero-order valence-electron chi connectivity index (χ0n) is 11.3. The lowest BCUT2D eigenvalue weighted by Crippen LogP contribution is -2.34. The van der Waals surface area contributed by atoms with E-state index in [4.69, 9.17) is 5.73 Å². The molecule has 0 bridgehead atoms. The summed E-state index contributed by atoms with van der Waals surface area (Å²) in [5.41, 5.74) is 7.58. The smallest absolute Gasteiger partial charge is 0.150 e. The van der Waals surface area contributed by atoms with Crippen LogP contribution in [-0.4, -0.2) is 36.2 Å². The van der Waals surface area contributed by atoms with Crippen molar-refractivity contribution in [3.63, 3.8) is 0 Å². The zero-order valence-corrected chi connectivity index (χ0v) is 13.7. The Hall–Kier alpha value is -0.400. The average Bonchev–Trinajstić information content (AvgIpc) is 2.81. The molecule has 1 aromatic heterocycles. The molecule has 7 heteroatoms. The highest BCUT2D eigenvalue weighted by Gasteiger charge is 2.42. The molecule has 2 rings (SSSR count). The Balaban J connectivity index is 2.32. The van der Waals surface area contributed by atoms with Gasteiger partial charge in [0.2, 0.25) is 0 Å². The summed E-state index contributed by atoms with van der Waals surface area (Å²) >= 11 is 3.58. The van der Waals surface area contributed by atoms with Crippen LogP contribution in [0.4, 0.5) is 0 Å². The number of aromatic nitrogens is 2. The molecule has 0 spiro atoms. The van der Waals surface area contributed by atoms with Crippen LogP contribution in [0.5, 0.6) is 0 Å². The minimum Gasteiger partial charge on any atom is -0.330 e. The van der Waals surface area contributed by atoms with Gasteiger partial charge >= 0.3 is 0 Å². The molecule has 108 valence electrons. The fraction of sp³-hybridized carbons (Fsp3) is 0.750. The van der Waals surface area contributed by atoms with E-state index in [2.05, 4.69) is 28.0 Å². The van der Waals surface area contributed by atoms with Gasteiger partial charge in [-0.2, -0.15) is 5.10 Å². The average molecular weight is 350 g/mol. The fourth-order valence-electron chi connectivity index (χ4n) is 2.72. The van der Waals surface area contributed by atoms with Crippen molar-refractivity contribution < 1.29 is 8.42 Å². The first-order chi connectivity index (χ1) is 8.82. The van der Waals surface area contributed by atoms with Gasteiger partial charge in [-0.1, -0.05) is 6.92 Å². The van der Waals surface area contributed by atoms with E-state index in [9.17, 15) is 8.42 Å². The third kappa shape index (κ3) is 2.87. The van der Waals surface area contributed by atoms with Crippen LogP contribution in [0.1, 0.15) is 24.7 Å². The van der Waals surface area contributed by atoms with E-state index in [0.29, 0.717) is 19.4 Å². The zero-order chi connectivity index (χ0) is 14.3. The molecular weight excluding hydrogens is 330 g/mol. The monoisotopic (exact) mass is 349 g/mol. The van der Waals surface area contributed by atoms with Crippen molar-refractivity contribution in [3.05, 3.63) is 15.9 Å². The Labute approximate surface area is 122 Å². The first kappa shape index (κ1) is 15.0. The molecule has 19 heavy (non-hydrogen) atoms. The second-order valence-electron chi connectivity index (χ2n) is 5.41. The summed E-state index contributed by atoms with van der Waals surface area (Å²) in [5.74, 6) is 0.440. The van der Waals surface area contributed by atoms with Crippen molar-refractivity contribution >= 4 is 25.8 Å². The van der Waals surface area contributed by atoms with E-state index in [1.165, 1.54) is 0 Å². The first-order valence-corrected chi connectivity index (χ1v) is 9.05. The van der Waals surface area contributed by atoms with Crippen molar-refractivity contribution in [2.75, 3.05) is 18.1 Å². The molecule has 0 aliphatic carbocycles. The third-order valence-corrected chi connectivity index (χ3v) is 6.74. The van der Waals surface area contributed by atoms with Gasteiger partial charge in [-0.15, -0.1) is 0 Å². The van der Waals surface area contributed by atoms with Crippen molar-refractivity contribution in [2.45, 2.75) is 26.2 Å². The molecule has 1 unspecified atom stereocenters. The van der Waals surface area contributed by atoms with Crippen LogP contribution in [0.3, 0.4) is 0 Å². The molecule has 2 N–H and O–H groups in total. The van der Waals surface area contributed by atoms with Crippen LogP contribution in [0, 0.1) is 5.41 Å². The highest BCUT2D eigenvalue weighted by molar-refractivity contribution is 9.10. The molecule has 1 aliphatic heterocycles. The number of hydrogen-bond donors (Lipinski definition) is 1. The molecule has 0 saturated carbocycles. The molecule has 1 aliphatic rings. The van der Waals surface area contributed by atoms with Crippen LogP contribution in [0.15, 0.2) is 4.47 Å². The maximum absolute atomic E-state index is 11.7. The molecule has 1 aromatic rings. The normalized spacial score (nSPS) is 25.9. The van der Waals surface area contributed by atoms with Gasteiger partial charge in [-0.25, -0.2) is 8.42 Å². The van der Waals surface area contributed by atoms with Crippen LogP contribution < -0.4 is 5.73 Å². The lowest BCUT2D eigenvalue weighted by atomic mass is 9.83. The summed E-state index contributed by atoms with van der Waals surface area (Å²) < 4.78 is 26.3. The lowest BCUT2D eigenvalue weighted by Gasteiger charge is -2.25. The van der Waals surface area contributed by atoms with E-state index >= 15 is 0 Å². The molecule has 1 saturated heterocycles. The van der Waals surface area contributed by atoms with Crippen LogP contribution in [-0.2, 0) is 29.7 Å². The second kappa shape index (κ2) is 5.18. The predicted molar refractivity (Wildman–Crippen MR) is 78.7 cm³/mol. The summed E-state index contributed by atoms with van der Waals surface area (Å²) in [6.07, 6.45) is 2.15. The van der Waals surface area contributed by atoms with Crippen LogP contribution in [0.2, 0.25) is 0 Å². The number of nitrogens with two attached hydrogens (primary N) is 1. The van der Waals surface area contributed by atoms with E-state index in [0.717, 1.165) is 22.3 Å². The number of aryl methyl sites for hydroxylation is 2. The molecule has 1 fully saturated rings. The van der Waals surface area contributed by atoms with E-state index < -0.39 is 9.84 Å². The Morgan fingerprint density at radius 1 is 1.53 bits per heavy atom. The highest BCUT2D eigenvalue weighted by Crippen LogP contribution is 2.37. The second-order valence-corrected chi connectivity index (χ2v) is 8.38. The standard InChI is InChI=1S/C12H20BrN3O2S/c1-3-9-11(13)10(16(2)15-9)6-12(7-14)4-5-19(17,18)8-12/h3-8,14H2,1-2H3. The van der Waals surface area contributed by atoms with Gasteiger partial charge in [-0.3, -0.25) is 4.68 Å². The largest absolute Gasteiger partial charge is 0.330 e. The van der Waals surface area contributed by atoms with Gasteiger partial charge in [0.25, 0.3) is 0 Å². The van der Waals surface area contributed by atoms with E-state index in [-0.39, 0.29) is 16.9 Å². The van der Waals surface area contributed by atoms with E-state index in [1.54, 1.807) is 0 Å². The molecular formula is C12H20BrN3O2S. The molecule has 0 aromatic carbocycles. The molecule has 0 amide bonds. The molecule has 1 atom stereocenters. The quantitative estimate of drug-likeness (QED) is 0.881. The Morgan fingerprint density at radius 2 is 2.21 bits per heavy atom. The third-order valence-electron chi connectivity index (χ3n) is 3.95. The number of halogens is 1. The number of sulfone groups is 1. The maximum Gasteiger partial charge on any atom is 0.150 e. The van der Waals surface area contributed by atoms with Crippen molar-refractivity contribution in [1.29, 1.82) is 0 Å². The minimum absolute atomic E-state index is 0.190. The summed E-state index contributed by atoms with van der Waals surface area (Å²) in [7, 11) is -1.04.